The van der Waals surface area contributed by atoms with E-state index in [0.717, 1.165) is 81.7 Å². The molecule has 0 spiro atoms. The summed E-state index contributed by atoms with van der Waals surface area (Å²) in [6.07, 6.45) is 1.88. The zero-order valence-electron chi connectivity index (χ0n) is 15.7. The second-order valence-corrected chi connectivity index (χ2v) is 7.20. The van der Waals surface area contributed by atoms with E-state index in [0.29, 0.717) is 0 Å². The summed E-state index contributed by atoms with van der Waals surface area (Å²) in [5.41, 5.74) is 0.890. The van der Waals surface area contributed by atoms with Crippen molar-refractivity contribution in [2.45, 2.75) is 0 Å². The van der Waals surface area contributed by atoms with Crippen molar-refractivity contribution in [2.24, 2.45) is 7.05 Å². The Hall–Kier alpha value is -1.97. The molecule has 0 unspecified atom stereocenters. The van der Waals surface area contributed by atoms with Crippen molar-refractivity contribution in [2.75, 3.05) is 82.4 Å². The van der Waals surface area contributed by atoms with E-state index in [1.165, 1.54) is 0 Å². The van der Waals surface area contributed by atoms with Crippen molar-refractivity contribution in [3.8, 4) is 0 Å². The molecule has 2 aliphatic heterocycles. The Kier molecular flexibility index (Phi) is 4.92. The third-order valence-electron chi connectivity index (χ3n) is 5.43. The van der Waals surface area contributed by atoms with Gasteiger partial charge in [-0.1, -0.05) is 0 Å². The van der Waals surface area contributed by atoms with Crippen LogP contribution < -0.4 is 9.80 Å². The van der Waals surface area contributed by atoms with Gasteiger partial charge in [-0.15, -0.1) is 0 Å². The van der Waals surface area contributed by atoms with Crippen molar-refractivity contribution >= 4 is 22.8 Å². The fourth-order valence-corrected chi connectivity index (χ4v) is 3.71. The number of rotatable bonds is 4. The van der Waals surface area contributed by atoms with Crippen LogP contribution in [0.25, 0.3) is 11.0 Å². The van der Waals surface area contributed by atoms with Crippen LogP contribution in [-0.2, 0) is 7.05 Å². The molecule has 0 bridgehead atoms. The summed E-state index contributed by atoms with van der Waals surface area (Å²) >= 11 is 0. The fraction of sp³-hybridized carbons (Fsp3) is 0.706. The van der Waals surface area contributed by atoms with Gasteiger partial charge < -0.3 is 19.8 Å². The third-order valence-corrected chi connectivity index (χ3v) is 5.43. The molecular formula is C17H28N8O. The van der Waals surface area contributed by atoms with E-state index in [1.807, 2.05) is 17.9 Å². The van der Waals surface area contributed by atoms with E-state index in [9.17, 15) is 0 Å². The van der Waals surface area contributed by atoms with Gasteiger partial charge in [0.2, 0.25) is 5.95 Å². The summed E-state index contributed by atoms with van der Waals surface area (Å²) < 4.78 is 1.84. The lowest BCUT2D eigenvalue weighted by Gasteiger charge is -2.36. The molecule has 0 saturated carbocycles. The van der Waals surface area contributed by atoms with Crippen molar-refractivity contribution < 1.29 is 5.11 Å². The van der Waals surface area contributed by atoms with E-state index < -0.39 is 0 Å². The SMILES string of the molecule is CN1CCN(c2nc(N3CCN(CCO)CC3)nc3c2cnn3C)CC1. The number of hydrogen-bond donors (Lipinski definition) is 1. The smallest absolute Gasteiger partial charge is 0.229 e. The summed E-state index contributed by atoms with van der Waals surface area (Å²) in [6.45, 7) is 8.60. The first-order chi connectivity index (χ1) is 12.7. The standard InChI is InChI=1S/C17H28N8O/c1-21-3-7-24(8-4-21)16-14-13-18-22(2)15(14)19-17(20-16)25-9-5-23(6-10-25)11-12-26/h13,26H,3-12H2,1-2H3. The molecule has 2 aromatic rings. The zero-order chi connectivity index (χ0) is 18.1. The first kappa shape index (κ1) is 17.4. The highest BCUT2D eigenvalue weighted by Crippen LogP contribution is 2.27. The number of aryl methyl sites for hydroxylation is 1. The monoisotopic (exact) mass is 360 g/mol. The maximum atomic E-state index is 9.13. The predicted molar refractivity (Wildman–Crippen MR) is 102 cm³/mol. The fourth-order valence-electron chi connectivity index (χ4n) is 3.71. The number of fused-ring (bicyclic) bond motifs is 1. The minimum absolute atomic E-state index is 0.213. The minimum atomic E-state index is 0.213. The molecule has 0 aliphatic carbocycles. The lowest BCUT2D eigenvalue weighted by atomic mass is 10.3. The van der Waals surface area contributed by atoms with Gasteiger partial charge in [0.15, 0.2) is 5.65 Å². The van der Waals surface area contributed by atoms with Gasteiger partial charge in [-0.3, -0.25) is 9.58 Å². The largest absolute Gasteiger partial charge is 0.395 e. The molecule has 2 aromatic heterocycles. The molecule has 2 saturated heterocycles. The number of nitrogens with zero attached hydrogens (tertiary/aromatic N) is 8. The molecule has 9 heteroatoms. The number of β-amino-alcohol motifs (C(OH)–C–C–N with tert-alkyl or cyclic N) is 1. The first-order valence-electron chi connectivity index (χ1n) is 9.37. The lowest BCUT2D eigenvalue weighted by Crippen LogP contribution is -2.48. The third kappa shape index (κ3) is 3.34. The Morgan fingerprint density at radius 1 is 0.923 bits per heavy atom. The first-order valence-corrected chi connectivity index (χ1v) is 9.37. The van der Waals surface area contributed by atoms with Crippen LogP contribution in [0.15, 0.2) is 6.20 Å². The molecule has 0 amide bonds. The maximum Gasteiger partial charge on any atom is 0.229 e. The van der Waals surface area contributed by atoms with Crippen LogP contribution in [0.4, 0.5) is 11.8 Å². The summed E-state index contributed by atoms with van der Waals surface area (Å²) in [5, 5.41) is 14.6. The van der Waals surface area contributed by atoms with E-state index in [2.05, 4.69) is 31.7 Å². The second-order valence-electron chi connectivity index (χ2n) is 7.20. The lowest BCUT2D eigenvalue weighted by molar-refractivity contribution is 0.188. The zero-order valence-corrected chi connectivity index (χ0v) is 15.7. The molecule has 1 N–H and O–H groups in total. The Morgan fingerprint density at radius 3 is 2.31 bits per heavy atom. The maximum absolute atomic E-state index is 9.13. The summed E-state index contributed by atoms with van der Waals surface area (Å²) in [5.74, 6) is 1.79. The Bertz CT molecular complexity index is 747. The Morgan fingerprint density at radius 2 is 1.62 bits per heavy atom. The number of aliphatic hydroxyl groups is 1. The number of likely N-dealkylation sites (N-methyl/N-ethyl adjacent to an activating group) is 1. The molecule has 2 aliphatic rings. The van der Waals surface area contributed by atoms with Crippen LogP contribution in [0.5, 0.6) is 0 Å². The molecule has 0 aromatic carbocycles. The van der Waals surface area contributed by atoms with Gasteiger partial charge in [-0.25, -0.2) is 0 Å². The van der Waals surface area contributed by atoms with E-state index >= 15 is 0 Å². The topological polar surface area (TPSA) is 76.8 Å². The predicted octanol–water partition coefficient (Wildman–Crippen LogP) is -0.771. The van der Waals surface area contributed by atoms with E-state index in [1.54, 1.807) is 0 Å². The quantitative estimate of drug-likeness (QED) is 0.762. The van der Waals surface area contributed by atoms with Gasteiger partial charge in [0, 0.05) is 66.0 Å². The molecule has 0 atom stereocenters. The van der Waals surface area contributed by atoms with Crippen molar-refractivity contribution in [1.29, 1.82) is 0 Å². The second kappa shape index (κ2) is 7.34. The molecule has 4 rings (SSSR count). The highest BCUT2D eigenvalue weighted by atomic mass is 16.3. The van der Waals surface area contributed by atoms with Crippen LogP contribution in [0.1, 0.15) is 0 Å². The average molecular weight is 360 g/mol. The van der Waals surface area contributed by atoms with Gasteiger partial charge >= 0.3 is 0 Å². The molecule has 9 nitrogen and oxygen atoms in total. The minimum Gasteiger partial charge on any atom is -0.395 e. The van der Waals surface area contributed by atoms with Gasteiger partial charge in [0.25, 0.3) is 0 Å². The molecule has 142 valence electrons. The molecule has 0 radical (unpaired) electrons. The molecule has 26 heavy (non-hydrogen) atoms. The molecule has 4 heterocycles. The summed E-state index contributed by atoms with van der Waals surface area (Å²) in [6, 6.07) is 0. The van der Waals surface area contributed by atoms with Gasteiger partial charge in [0.05, 0.1) is 18.2 Å². The van der Waals surface area contributed by atoms with E-state index in [4.69, 9.17) is 15.1 Å². The number of aromatic nitrogens is 4. The van der Waals surface area contributed by atoms with Gasteiger partial charge in [-0.2, -0.15) is 15.1 Å². The summed E-state index contributed by atoms with van der Waals surface area (Å²) in [7, 11) is 4.10. The highest BCUT2D eigenvalue weighted by Gasteiger charge is 2.24. The van der Waals surface area contributed by atoms with Crippen LogP contribution in [-0.4, -0.2) is 107 Å². The molecular weight excluding hydrogens is 332 g/mol. The number of aliphatic hydroxyl groups excluding tert-OH is 1. The van der Waals surface area contributed by atoms with Crippen LogP contribution in [0, 0.1) is 0 Å². The van der Waals surface area contributed by atoms with Crippen LogP contribution >= 0.6 is 0 Å². The molecule has 2 fully saturated rings. The van der Waals surface area contributed by atoms with Gasteiger partial charge in [0.1, 0.15) is 5.82 Å². The van der Waals surface area contributed by atoms with Crippen molar-refractivity contribution in [3.63, 3.8) is 0 Å². The van der Waals surface area contributed by atoms with Crippen molar-refractivity contribution in [3.05, 3.63) is 6.20 Å². The van der Waals surface area contributed by atoms with E-state index in [-0.39, 0.29) is 6.61 Å². The number of piperazine rings is 2. The number of hydrogen-bond acceptors (Lipinski definition) is 8. The van der Waals surface area contributed by atoms with Crippen molar-refractivity contribution in [1.82, 2.24) is 29.5 Å². The Balaban J connectivity index is 1.62. The van der Waals surface area contributed by atoms with Crippen LogP contribution in [0.2, 0.25) is 0 Å². The highest BCUT2D eigenvalue weighted by molar-refractivity contribution is 5.88. The van der Waals surface area contributed by atoms with Gasteiger partial charge in [-0.05, 0) is 7.05 Å². The number of anilines is 2. The Labute approximate surface area is 153 Å². The average Bonchev–Trinajstić information content (AvgIpc) is 3.04. The summed E-state index contributed by atoms with van der Waals surface area (Å²) in [4.78, 5) is 19.0. The van der Waals surface area contributed by atoms with Crippen LogP contribution in [0.3, 0.4) is 0 Å². The normalized spacial score (nSPS) is 20.3.